The van der Waals surface area contributed by atoms with Gasteiger partial charge in [0, 0.05) is 12.2 Å². The Hall–Kier alpha value is -2.01. The van der Waals surface area contributed by atoms with Gasteiger partial charge in [-0.15, -0.1) is 0 Å². The average Bonchev–Trinajstić information content (AvgIpc) is 2.88. The molecule has 2 rings (SSSR count). The maximum atomic E-state index is 13.1. The highest BCUT2D eigenvalue weighted by Crippen LogP contribution is 2.19. The summed E-state index contributed by atoms with van der Waals surface area (Å²) in [5, 5.41) is 0. The van der Waals surface area contributed by atoms with Crippen molar-refractivity contribution in [3.05, 3.63) is 42.2 Å². The van der Waals surface area contributed by atoms with Gasteiger partial charge in [-0.05, 0) is 37.7 Å². The molecular formula is C29H45FN2O2. The van der Waals surface area contributed by atoms with Crippen LogP contribution in [0.25, 0.3) is 11.4 Å². The van der Waals surface area contributed by atoms with Gasteiger partial charge in [0.15, 0.2) is 11.6 Å². The van der Waals surface area contributed by atoms with Gasteiger partial charge in [-0.25, -0.2) is 14.4 Å². The molecule has 0 aliphatic rings. The van der Waals surface area contributed by atoms with Gasteiger partial charge < -0.3 is 9.47 Å². The van der Waals surface area contributed by atoms with Crippen molar-refractivity contribution in [3.8, 4) is 17.1 Å². The number of aryl methyl sites for hydroxylation is 1. The van der Waals surface area contributed by atoms with Crippen molar-refractivity contribution in [2.24, 2.45) is 0 Å². The molecule has 0 fully saturated rings. The molecule has 0 bridgehead atoms. The van der Waals surface area contributed by atoms with Gasteiger partial charge in [0.25, 0.3) is 0 Å². The zero-order valence-electron chi connectivity index (χ0n) is 21.4. The van der Waals surface area contributed by atoms with E-state index in [1.54, 1.807) is 12.4 Å². The molecule has 0 saturated carbocycles. The molecule has 0 saturated heterocycles. The van der Waals surface area contributed by atoms with Gasteiger partial charge in [-0.2, -0.15) is 0 Å². The SMILES string of the molecule is CCCCCCCCCOc1cnc(-c2ccc(CCCCCCOCC(F)CC)cc2)nc1. The summed E-state index contributed by atoms with van der Waals surface area (Å²) in [7, 11) is 0. The van der Waals surface area contributed by atoms with Crippen LogP contribution in [0, 0.1) is 0 Å². The highest BCUT2D eigenvalue weighted by atomic mass is 19.1. The predicted molar refractivity (Wildman–Crippen MR) is 139 cm³/mol. The Labute approximate surface area is 206 Å². The molecule has 190 valence electrons. The lowest BCUT2D eigenvalue weighted by molar-refractivity contribution is 0.0765. The number of ether oxygens (including phenoxy) is 2. The third-order valence-electron chi connectivity index (χ3n) is 6.10. The number of rotatable bonds is 20. The minimum absolute atomic E-state index is 0.238. The van der Waals surface area contributed by atoms with E-state index in [4.69, 9.17) is 9.47 Å². The minimum Gasteiger partial charge on any atom is -0.490 e. The van der Waals surface area contributed by atoms with E-state index in [1.165, 1.54) is 50.5 Å². The lowest BCUT2D eigenvalue weighted by atomic mass is 10.0. The molecule has 1 aromatic carbocycles. The van der Waals surface area contributed by atoms with E-state index in [0.29, 0.717) is 13.0 Å². The van der Waals surface area contributed by atoms with E-state index in [1.807, 2.05) is 6.92 Å². The molecule has 34 heavy (non-hydrogen) atoms. The Balaban J connectivity index is 1.58. The summed E-state index contributed by atoms with van der Waals surface area (Å²) in [6.45, 7) is 5.73. The first kappa shape index (κ1) is 28.2. The monoisotopic (exact) mass is 472 g/mol. The smallest absolute Gasteiger partial charge is 0.159 e. The van der Waals surface area contributed by atoms with E-state index in [0.717, 1.165) is 55.8 Å². The number of benzene rings is 1. The van der Waals surface area contributed by atoms with Gasteiger partial charge in [-0.3, -0.25) is 0 Å². The maximum absolute atomic E-state index is 13.1. The fraction of sp³-hybridized carbons (Fsp3) is 0.655. The Morgan fingerprint density at radius 1 is 0.765 bits per heavy atom. The van der Waals surface area contributed by atoms with E-state index < -0.39 is 6.17 Å². The fourth-order valence-electron chi connectivity index (χ4n) is 3.83. The number of alkyl halides is 1. The van der Waals surface area contributed by atoms with Crippen molar-refractivity contribution in [2.75, 3.05) is 19.8 Å². The normalized spacial score (nSPS) is 12.1. The van der Waals surface area contributed by atoms with Crippen LogP contribution in [0.15, 0.2) is 36.7 Å². The molecule has 0 amide bonds. The van der Waals surface area contributed by atoms with Crippen LogP contribution < -0.4 is 4.74 Å². The van der Waals surface area contributed by atoms with Crippen molar-refractivity contribution in [1.82, 2.24) is 9.97 Å². The first-order chi connectivity index (χ1) is 16.7. The van der Waals surface area contributed by atoms with Crippen molar-refractivity contribution in [3.63, 3.8) is 0 Å². The number of halogens is 1. The highest BCUT2D eigenvalue weighted by molar-refractivity contribution is 5.55. The second kappa shape index (κ2) is 18.3. The number of unbranched alkanes of at least 4 members (excludes halogenated alkanes) is 9. The van der Waals surface area contributed by atoms with Crippen LogP contribution in [0.2, 0.25) is 0 Å². The summed E-state index contributed by atoms with van der Waals surface area (Å²) in [5.41, 5.74) is 2.36. The summed E-state index contributed by atoms with van der Waals surface area (Å²) in [4.78, 5) is 8.97. The molecule has 1 unspecified atom stereocenters. The predicted octanol–water partition coefficient (Wildman–Crippen LogP) is 8.14. The molecule has 2 aromatic rings. The van der Waals surface area contributed by atoms with E-state index in [9.17, 15) is 4.39 Å². The van der Waals surface area contributed by atoms with Crippen molar-refractivity contribution < 1.29 is 13.9 Å². The molecule has 1 heterocycles. The second-order valence-corrected chi connectivity index (χ2v) is 9.15. The Bertz CT molecular complexity index is 737. The van der Waals surface area contributed by atoms with Gasteiger partial charge >= 0.3 is 0 Å². The summed E-state index contributed by atoms with van der Waals surface area (Å²) < 4.78 is 24.2. The van der Waals surface area contributed by atoms with Crippen LogP contribution >= 0.6 is 0 Å². The summed E-state index contributed by atoms with van der Waals surface area (Å²) in [6.07, 6.45) is 17.7. The first-order valence-electron chi connectivity index (χ1n) is 13.5. The van der Waals surface area contributed by atoms with Crippen LogP contribution in [0.3, 0.4) is 0 Å². The molecule has 0 spiro atoms. The standard InChI is InChI=1S/C29H45FN2O2/c1-3-5-6-7-8-10-14-21-34-28-22-31-29(32-23-28)26-18-16-25(17-19-26)15-12-9-11-13-20-33-24-27(30)4-2/h16-19,22-23,27H,3-15,20-21,24H2,1-2H3. The van der Waals surface area contributed by atoms with Crippen molar-refractivity contribution >= 4 is 0 Å². The lowest BCUT2D eigenvalue weighted by Crippen LogP contribution is -2.09. The number of aromatic nitrogens is 2. The quantitative estimate of drug-likeness (QED) is 0.182. The molecule has 1 aromatic heterocycles. The van der Waals surface area contributed by atoms with Crippen LogP contribution in [-0.4, -0.2) is 36.0 Å². The Morgan fingerprint density at radius 3 is 2.06 bits per heavy atom. The van der Waals surface area contributed by atoms with Gasteiger partial charge in [-0.1, -0.05) is 89.5 Å². The van der Waals surface area contributed by atoms with Gasteiger partial charge in [0.05, 0.1) is 25.6 Å². The van der Waals surface area contributed by atoms with E-state index in [-0.39, 0.29) is 6.61 Å². The van der Waals surface area contributed by atoms with Crippen LogP contribution in [-0.2, 0) is 11.2 Å². The minimum atomic E-state index is -0.820. The van der Waals surface area contributed by atoms with E-state index >= 15 is 0 Å². The average molecular weight is 473 g/mol. The molecule has 0 N–H and O–H groups in total. The number of nitrogens with zero attached hydrogens (tertiary/aromatic N) is 2. The van der Waals surface area contributed by atoms with Gasteiger partial charge in [0.1, 0.15) is 6.17 Å². The molecule has 0 aliphatic heterocycles. The Morgan fingerprint density at radius 2 is 1.38 bits per heavy atom. The Kier molecular flexibility index (Phi) is 15.2. The fourth-order valence-corrected chi connectivity index (χ4v) is 3.83. The van der Waals surface area contributed by atoms with Crippen LogP contribution in [0.5, 0.6) is 5.75 Å². The molecule has 5 heteroatoms. The molecule has 0 radical (unpaired) electrons. The zero-order chi connectivity index (χ0) is 24.3. The summed E-state index contributed by atoms with van der Waals surface area (Å²) in [6, 6.07) is 8.52. The number of hydrogen-bond donors (Lipinski definition) is 0. The second-order valence-electron chi connectivity index (χ2n) is 9.15. The molecule has 4 nitrogen and oxygen atoms in total. The molecular weight excluding hydrogens is 427 g/mol. The van der Waals surface area contributed by atoms with Crippen LogP contribution in [0.4, 0.5) is 4.39 Å². The third-order valence-corrected chi connectivity index (χ3v) is 6.10. The van der Waals surface area contributed by atoms with Gasteiger partial charge in [0.2, 0.25) is 0 Å². The third kappa shape index (κ3) is 12.5. The molecule has 1 atom stereocenters. The van der Waals surface area contributed by atoms with Crippen molar-refractivity contribution in [1.29, 1.82) is 0 Å². The lowest BCUT2D eigenvalue weighted by Gasteiger charge is -2.07. The zero-order valence-corrected chi connectivity index (χ0v) is 21.4. The number of hydrogen-bond acceptors (Lipinski definition) is 4. The first-order valence-corrected chi connectivity index (χ1v) is 13.5. The molecule has 0 aliphatic carbocycles. The maximum Gasteiger partial charge on any atom is 0.159 e. The topological polar surface area (TPSA) is 44.2 Å². The van der Waals surface area contributed by atoms with Crippen molar-refractivity contribution in [2.45, 2.75) is 103 Å². The summed E-state index contributed by atoms with van der Waals surface area (Å²) >= 11 is 0. The summed E-state index contributed by atoms with van der Waals surface area (Å²) in [5.74, 6) is 1.47. The van der Waals surface area contributed by atoms with E-state index in [2.05, 4.69) is 41.2 Å². The largest absolute Gasteiger partial charge is 0.490 e. The van der Waals surface area contributed by atoms with Crippen LogP contribution in [0.1, 0.15) is 96.5 Å². The highest BCUT2D eigenvalue weighted by Gasteiger charge is 2.04.